The van der Waals surface area contributed by atoms with Crippen LogP contribution in [0.1, 0.15) is 18.1 Å². The molecule has 0 saturated heterocycles. The van der Waals surface area contributed by atoms with E-state index in [9.17, 15) is 10.2 Å². The third-order valence-corrected chi connectivity index (χ3v) is 2.62. The van der Waals surface area contributed by atoms with Gasteiger partial charge in [-0.25, -0.2) is 0 Å². The number of rotatable bonds is 3. The molecule has 2 rings (SSSR count). The van der Waals surface area contributed by atoms with E-state index in [0.29, 0.717) is 6.42 Å². The second-order valence-corrected chi connectivity index (χ2v) is 4.13. The van der Waals surface area contributed by atoms with Gasteiger partial charge in [-0.2, -0.15) is 0 Å². The summed E-state index contributed by atoms with van der Waals surface area (Å²) in [5.74, 6) is 0.197. The minimum atomic E-state index is -0.961. The van der Waals surface area contributed by atoms with Gasteiger partial charge in [0.05, 0.1) is 18.1 Å². The van der Waals surface area contributed by atoms with Gasteiger partial charge in [0.15, 0.2) is 0 Å². The Hall–Kier alpha value is -1.74. The van der Waals surface area contributed by atoms with Crippen molar-refractivity contribution in [2.45, 2.75) is 18.9 Å². The molecule has 0 amide bonds. The van der Waals surface area contributed by atoms with Crippen molar-refractivity contribution in [2.75, 3.05) is 0 Å². The molecule has 2 aromatic rings. The second-order valence-electron chi connectivity index (χ2n) is 4.13. The molecule has 0 aliphatic rings. The minimum Gasteiger partial charge on any atom is -0.508 e. The fraction of sp³-hybridized carbons (Fsp3) is 0.231. The summed E-state index contributed by atoms with van der Waals surface area (Å²) in [5.41, 5.74) is 0.752. The average molecular weight is 218 g/mol. The van der Waals surface area contributed by atoms with Gasteiger partial charge < -0.3 is 14.6 Å². The van der Waals surface area contributed by atoms with Crippen LogP contribution in [0.4, 0.5) is 0 Å². The molecule has 84 valence electrons. The highest BCUT2D eigenvalue weighted by Crippen LogP contribution is 2.26. The fourth-order valence-corrected chi connectivity index (χ4v) is 1.71. The molecule has 1 aromatic heterocycles. The van der Waals surface area contributed by atoms with Crippen LogP contribution in [0.25, 0.3) is 0 Å². The number of hydrogen-bond donors (Lipinski definition) is 2. The largest absolute Gasteiger partial charge is 0.508 e. The highest BCUT2D eigenvalue weighted by molar-refractivity contribution is 5.30. The lowest BCUT2D eigenvalue weighted by atomic mass is 9.90. The summed E-state index contributed by atoms with van der Waals surface area (Å²) in [6, 6.07) is 8.40. The van der Waals surface area contributed by atoms with Crippen molar-refractivity contribution in [3.63, 3.8) is 0 Å². The van der Waals surface area contributed by atoms with Gasteiger partial charge >= 0.3 is 0 Å². The molecule has 1 aromatic carbocycles. The van der Waals surface area contributed by atoms with Crippen molar-refractivity contribution in [1.82, 2.24) is 0 Å². The highest BCUT2D eigenvalue weighted by Gasteiger charge is 2.23. The van der Waals surface area contributed by atoms with Crippen LogP contribution in [0.3, 0.4) is 0 Å². The molecular weight excluding hydrogens is 204 g/mol. The van der Waals surface area contributed by atoms with Crippen LogP contribution < -0.4 is 0 Å². The summed E-state index contributed by atoms with van der Waals surface area (Å²) in [6.45, 7) is 1.74. The third kappa shape index (κ3) is 2.25. The molecule has 1 unspecified atom stereocenters. The molecule has 2 N–H and O–H groups in total. The van der Waals surface area contributed by atoms with Gasteiger partial charge in [0.2, 0.25) is 0 Å². The molecule has 0 aliphatic carbocycles. The van der Waals surface area contributed by atoms with Gasteiger partial charge in [-0.1, -0.05) is 12.1 Å². The van der Waals surface area contributed by atoms with Crippen molar-refractivity contribution < 1.29 is 14.6 Å². The topological polar surface area (TPSA) is 53.6 Å². The summed E-state index contributed by atoms with van der Waals surface area (Å²) in [7, 11) is 0. The van der Waals surface area contributed by atoms with E-state index in [4.69, 9.17) is 4.42 Å². The summed E-state index contributed by atoms with van der Waals surface area (Å²) in [6.07, 6.45) is 3.69. The first-order chi connectivity index (χ1) is 7.58. The number of benzene rings is 1. The Bertz CT molecular complexity index is 441. The molecular formula is C13H14O3. The van der Waals surface area contributed by atoms with Crippen LogP contribution in [0.5, 0.6) is 5.75 Å². The van der Waals surface area contributed by atoms with Gasteiger partial charge in [-0.05, 0) is 36.2 Å². The van der Waals surface area contributed by atoms with Crippen LogP contribution >= 0.6 is 0 Å². The highest BCUT2D eigenvalue weighted by atomic mass is 16.3. The van der Waals surface area contributed by atoms with Crippen LogP contribution in [-0.4, -0.2) is 10.2 Å². The standard InChI is InChI=1S/C13H14O3/c1-13(15,8-10-6-7-16-9-10)11-2-4-12(14)5-3-11/h2-7,9,14-15H,8H2,1H3. The number of aliphatic hydroxyl groups is 1. The Kier molecular flexibility index (Phi) is 2.71. The van der Waals surface area contributed by atoms with E-state index in [1.165, 1.54) is 0 Å². The molecule has 0 fully saturated rings. The maximum absolute atomic E-state index is 10.3. The quantitative estimate of drug-likeness (QED) is 0.831. The van der Waals surface area contributed by atoms with Crippen molar-refractivity contribution in [3.8, 4) is 5.75 Å². The van der Waals surface area contributed by atoms with Crippen LogP contribution in [0, 0.1) is 0 Å². The molecule has 0 spiro atoms. The lowest BCUT2D eigenvalue weighted by molar-refractivity contribution is 0.0574. The molecule has 0 radical (unpaired) electrons. The molecule has 0 bridgehead atoms. The van der Waals surface area contributed by atoms with Crippen LogP contribution in [0.15, 0.2) is 47.3 Å². The zero-order valence-electron chi connectivity index (χ0n) is 9.05. The lowest BCUT2D eigenvalue weighted by Gasteiger charge is -2.23. The van der Waals surface area contributed by atoms with Gasteiger partial charge in [-0.15, -0.1) is 0 Å². The average Bonchev–Trinajstić information content (AvgIpc) is 2.70. The number of hydrogen-bond acceptors (Lipinski definition) is 3. The normalized spacial score (nSPS) is 14.6. The maximum Gasteiger partial charge on any atom is 0.115 e. The van der Waals surface area contributed by atoms with Crippen molar-refractivity contribution in [3.05, 3.63) is 54.0 Å². The van der Waals surface area contributed by atoms with Gasteiger partial charge in [0, 0.05) is 6.42 Å². The number of aromatic hydroxyl groups is 1. The predicted molar refractivity (Wildman–Crippen MR) is 60.1 cm³/mol. The predicted octanol–water partition coefficient (Wildman–Crippen LogP) is 2.44. The van der Waals surface area contributed by atoms with E-state index in [0.717, 1.165) is 11.1 Å². The number of furan rings is 1. The molecule has 1 heterocycles. The number of phenols is 1. The van der Waals surface area contributed by atoms with Crippen molar-refractivity contribution in [1.29, 1.82) is 0 Å². The third-order valence-electron chi connectivity index (χ3n) is 2.62. The van der Waals surface area contributed by atoms with Crippen molar-refractivity contribution >= 4 is 0 Å². The first kappa shape index (κ1) is 10.8. The molecule has 3 nitrogen and oxygen atoms in total. The van der Waals surface area contributed by atoms with E-state index >= 15 is 0 Å². The molecule has 1 atom stereocenters. The summed E-state index contributed by atoms with van der Waals surface area (Å²) in [5, 5.41) is 19.5. The molecule has 0 aliphatic heterocycles. The van der Waals surface area contributed by atoms with E-state index in [-0.39, 0.29) is 5.75 Å². The molecule has 3 heteroatoms. The summed E-state index contributed by atoms with van der Waals surface area (Å²) < 4.78 is 4.96. The zero-order valence-corrected chi connectivity index (χ0v) is 9.05. The Labute approximate surface area is 94.0 Å². The first-order valence-electron chi connectivity index (χ1n) is 5.11. The van der Waals surface area contributed by atoms with E-state index in [1.54, 1.807) is 43.7 Å². The summed E-state index contributed by atoms with van der Waals surface area (Å²) >= 11 is 0. The van der Waals surface area contributed by atoms with Crippen LogP contribution in [0.2, 0.25) is 0 Å². The van der Waals surface area contributed by atoms with E-state index in [2.05, 4.69) is 0 Å². The summed E-state index contributed by atoms with van der Waals surface area (Å²) in [4.78, 5) is 0. The first-order valence-corrected chi connectivity index (χ1v) is 5.11. The molecule has 0 saturated carbocycles. The Morgan fingerprint density at radius 1 is 1.19 bits per heavy atom. The maximum atomic E-state index is 10.3. The fourth-order valence-electron chi connectivity index (χ4n) is 1.71. The Morgan fingerprint density at radius 3 is 2.44 bits per heavy atom. The van der Waals surface area contributed by atoms with E-state index in [1.807, 2.05) is 6.07 Å². The molecule has 16 heavy (non-hydrogen) atoms. The van der Waals surface area contributed by atoms with Gasteiger partial charge in [0.25, 0.3) is 0 Å². The number of phenolic OH excluding ortho intramolecular Hbond substituents is 1. The van der Waals surface area contributed by atoms with Gasteiger partial charge in [0.1, 0.15) is 5.75 Å². The minimum absolute atomic E-state index is 0.197. The Morgan fingerprint density at radius 2 is 1.88 bits per heavy atom. The SMILES string of the molecule is CC(O)(Cc1ccoc1)c1ccc(O)cc1. The van der Waals surface area contributed by atoms with E-state index < -0.39 is 5.60 Å². The second kappa shape index (κ2) is 4.02. The Balaban J connectivity index is 2.21. The monoisotopic (exact) mass is 218 g/mol. The van der Waals surface area contributed by atoms with Crippen molar-refractivity contribution in [2.24, 2.45) is 0 Å². The van der Waals surface area contributed by atoms with Crippen LogP contribution in [-0.2, 0) is 12.0 Å². The van der Waals surface area contributed by atoms with Gasteiger partial charge in [-0.3, -0.25) is 0 Å². The lowest BCUT2D eigenvalue weighted by Crippen LogP contribution is -2.23. The zero-order chi connectivity index (χ0) is 11.6. The smallest absolute Gasteiger partial charge is 0.115 e.